The maximum atomic E-state index is 12.3. The zero-order chi connectivity index (χ0) is 18.7. The summed E-state index contributed by atoms with van der Waals surface area (Å²) in [7, 11) is 1.93. The number of carbonyl (C=O) groups excluding carboxylic acids is 1. The van der Waals surface area contributed by atoms with E-state index in [9.17, 15) is 4.79 Å². The third-order valence-corrected chi connectivity index (χ3v) is 4.83. The van der Waals surface area contributed by atoms with Crippen molar-refractivity contribution in [2.45, 2.75) is 39.7 Å². The van der Waals surface area contributed by atoms with Gasteiger partial charge in [-0.05, 0) is 50.5 Å². The average Bonchev–Trinajstić information content (AvgIpc) is 3.23. The lowest BCUT2D eigenvalue weighted by molar-refractivity contribution is -0.121. The van der Waals surface area contributed by atoms with E-state index in [1.165, 1.54) is 5.56 Å². The highest BCUT2D eigenvalue weighted by Gasteiger charge is 2.13. The van der Waals surface area contributed by atoms with E-state index >= 15 is 0 Å². The standard InChI is InChI=1S/C20H25N5O/c1-14(17-5-7-18(8-6-17)25-12-11-21-13-25)22-20(26)10-9-19-15(2)23-24(4)16(19)3/h5-8,11-14H,9-10H2,1-4H3,(H,22,26)/t14-/m1/s1. The molecule has 0 saturated carbocycles. The first kappa shape index (κ1) is 17.9. The molecule has 0 saturated heterocycles. The van der Waals surface area contributed by atoms with Crippen molar-refractivity contribution >= 4 is 5.91 Å². The summed E-state index contributed by atoms with van der Waals surface area (Å²) in [5.41, 5.74) is 5.42. The normalized spacial score (nSPS) is 12.2. The SMILES string of the molecule is Cc1nn(C)c(C)c1CCC(=O)N[C@H](C)c1ccc(-n2ccnc2)cc1. The quantitative estimate of drug-likeness (QED) is 0.742. The number of hydrogen-bond donors (Lipinski definition) is 1. The number of imidazole rings is 1. The van der Waals surface area contributed by atoms with Crippen molar-refractivity contribution in [1.29, 1.82) is 0 Å². The van der Waals surface area contributed by atoms with Gasteiger partial charge >= 0.3 is 0 Å². The summed E-state index contributed by atoms with van der Waals surface area (Å²) in [6.45, 7) is 6.03. The van der Waals surface area contributed by atoms with Crippen LogP contribution in [0.2, 0.25) is 0 Å². The Morgan fingerprint density at radius 1 is 1.23 bits per heavy atom. The average molecular weight is 351 g/mol. The molecule has 2 aromatic heterocycles. The predicted octanol–water partition coefficient (Wildman–Crippen LogP) is 3.03. The van der Waals surface area contributed by atoms with Gasteiger partial charge in [-0.1, -0.05) is 12.1 Å². The molecule has 1 N–H and O–H groups in total. The van der Waals surface area contributed by atoms with Crippen molar-refractivity contribution < 1.29 is 4.79 Å². The molecule has 0 fully saturated rings. The van der Waals surface area contributed by atoms with Crippen LogP contribution in [0.4, 0.5) is 0 Å². The maximum absolute atomic E-state index is 12.3. The van der Waals surface area contributed by atoms with Crippen LogP contribution in [0, 0.1) is 13.8 Å². The van der Waals surface area contributed by atoms with Crippen molar-refractivity contribution in [2.75, 3.05) is 0 Å². The molecular formula is C20H25N5O. The Labute approximate surface area is 153 Å². The van der Waals surface area contributed by atoms with Gasteiger partial charge in [-0.25, -0.2) is 4.98 Å². The molecule has 0 aliphatic heterocycles. The highest BCUT2D eigenvalue weighted by Crippen LogP contribution is 2.17. The van der Waals surface area contributed by atoms with Gasteiger partial charge in [-0.2, -0.15) is 5.10 Å². The van der Waals surface area contributed by atoms with E-state index in [-0.39, 0.29) is 11.9 Å². The lowest BCUT2D eigenvalue weighted by atomic mass is 10.1. The Bertz CT molecular complexity index is 878. The lowest BCUT2D eigenvalue weighted by Crippen LogP contribution is -2.26. The van der Waals surface area contributed by atoms with Crippen LogP contribution in [-0.2, 0) is 18.3 Å². The second-order valence-electron chi connectivity index (χ2n) is 6.62. The third kappa shape index (κ3) is 3.85. The molecular weight excluding hydrogens is 326 g/mol. The third-order valence-electron chi connectivity index (χ3n) is 4.83. The highest BCUT2D eigenvalue weighted by molar-refractivity contribution is 5.76. The molecule has 1 amide bonds. The van der Waals surface area contributed by atoms with E-state index in [0.717, 1.165) is 22.6 Å². The maximum Gasteiger partial charge on any atom is 0.220 e. The van der Waals surface area contributed by atoms with Crippen LogP contribution in [0.3, 0.4) is 0 Å². The van der Waals surface area contributed by atoms with E-state index in [2.05, 4.69) is 15.4 Å². The number of aromatic nitrogens is 4. The molecule has 6 heteroatoms. The van der Waals surface area contributed by atoms with Crippen LogP contribution < -0.4 is 5.32 Å². The van der Waals surface area contributed by atoms with Gasteiger partial charge in [0.25, 0.3) is 0 Å². The molecule has 136 valence electrons. The second kappa shape index (κ2) is 7.56. The number of benzene rings is 1. The van der Waals surface area contributed by atoms with Gasteiger partial charge in [0, 0.05) is 37.2 Å². The minimum absolute atomic E-state index is 0.0320. The Hall–Kier alpha value is -2.89. The van der Waals surface area contributed by atoms with Crippen LogP contribution in [0.1, 0.15) is 41.9 Å². The number of aryl methyl sites for hydroxylation is 2. The molecule has 26 heavy (non-hydrogen) atoms. The number of nitrogens with zero attached hydrogens (tertiary/aromatic N) is 4. The van der Waals surface area contributed by atoms with E-state index in [1.54, 1.807) is 12.5 Å². The van der Waals surface area contributed by atoms with E-state index in [1.807, 2.05) is 67.5 Å². The van der Waals surface area contributed by atoms with Crippen LogP contribution in [0.25, 0.3) is 5.69 Å². The summed E-state index contributed by atoms with van der Waals surface area (Å²) in [4.78, 5) is 16.4. The Balaban J connectivity index is 1.57. The molecule has 1 atom stereocenters. The highest BCUT2D eigenvalue weighted by atomic mass is 16.1. The summed E-state index contributed by atoms with van der Waals surface area (Å²) in [5, 5.41) is 7.49. The first-order valence-corrected chi connectivity index (χ1v) is 8.82. The molecule has 0 spiro atoms. The lowest BCUT2D eigenvalue weighted by Gasteiger charge is -2.15. The Kier molecular flexibility index (Phi) is 5.21. The van der Waals surface area contributed by atoms with Crippen molar-refractivity contribution in [3.05, 3.63) is 65.5 Å². The van der Waals surface area contributed by atoms with Gasteiger partial charge in [-0.15, -0.1) is 0 Å². The molecule has 0 unspecified atom stereocenters. The van der Waals surface area contributed by atoms with Gasteiger partial charge in [0.1, 0.15) is 0 Å². The van der Waals surface area contributed by atoms with E-state index in [0.29, 0.717) is 12.8 Å². The minimum atomic E-state index is -0.0320. The summed E-state index contributed by atoms with van der Waals surface area (Å²) < 4.78 is 3.82. The fourth-order valence-corrected chi connectivity index (χ4v) is 3.16. The fourth-order valence-electron chi connectivity index (χ4n) is 3.16. The van der Waals surface area contributed by atoms with Gasteiger partial charge in [0.2, 0.25) is 5.91 Å². The number of rotatable bonds is 6. The summed E-state index contributed by atoms with van der Waals surface area (Å²) >= 11 is 0. The number of nitrogens with one attached hydrogen (secondary N) is 1. The number of carbonyl (C=O) groups is 1. The van der Waals surface area contributed by atoms with Crippen molar-refractivity contribution in [1.82, 2.24) is 24.6 Å². The van der Waals surface area contributed by atoms with Crippen molar-refractivity contribution in [3.8, 4) is 5.69 Å². The molecule has 1 aromatic carbocycles. The van der Waals surface area contributed by atoms with E-state index < -0.39 is 0 Å². The minimum Gasteiger partial charge on any atom is -0.350 e. The molecule has 2 heterocycles. The van der Waals surface area contributed by atoms with Gasteiger partial charge in [0.15, 0.2) is 0 Å². The summed E-state index contributed by atoms with van der Waals surface area (Å²) in [6.07, 6.45) is 6.60. The molecule has 0 bridgehead atoms. The summed E-state index contributed by atoms with van der Waals surface area (Å²) in [5.74, 6) is 0.0545. The smallest absolute Gasteiger partial charge is 0.220 e. The van der Waals surface area contributed by atoms with Crippen molar-refractivity contribution in [2.24, 2.45) is 7.05 Å². The zero-order valence-electron chi connectivity index (χ0n) is 15.7. The number of hydrogen-bond acceptors (Lipinski definition) is 3. The Morgan fingerprint density at radius 3 is 2.54 bits per heavy atom. The van der Waals surface area contributed by atoms with Crippen LogP contribution in [-0.4, -0.2) is 25.2 Å². The largest absolute Gasteiger partial charge is 0.350 e. The van der Waals surface area contributed by atoms with Crippen LogP contribution in [0.15, 0.2) is 43.0 Å². The van der Waals surface area contributed by atoms with E-state index in [4.69, 9.17) is 0 Å². The second-order valence-corrected chi connectivity index (χ2v) is 6.62. The first-order chi connectivity index (χ1) is 12.5. The summed E-state index contributed by atoms with van der Waals surface area (Å²) in [6, 6.07) is 8.10. The predicted molar refractivity (Wildman–Crippen MR) is 101 cm³/mol. The Morgan fingerprint density at radius 2 is 1.96 bits per heavy atom. The number of amides is 1. The van der Waals surface area contributed by atoms with Crippen LogP contribution in [0.5, 0.6) is 0 Å². The topological polar surface area (TPSA) is 64.7 Å². The van der Waals surface area contributed by atoms with Gasteiger partial charge < -0.3 is 9.88 Å². The molecule has 0 aliphatic rings. The van der Waals surface area contributed by atoms with Crippen LogP contribution >= 0.6 is 0 Å². The van der Waals surface area contributed by atoms with Gasteiger partial charge in [0.05, 0.1) is 18.1 Å². The molecule has 0 radical (unpaired) electrons. The molecule has 6 nitrogen and oxygen atoms in total. The fraction of sp³-hybridized carbons (Fsp3) is 0.350. The van der Waals surface area contributed by atoms with Gasteiger partial charge in [-0.3, -0.25) is 9.48 Å². The molecule has 0 aliphatic carbocycles. The monoisotopic (exact) mass is 351 g/mol. The first-order valence-electron chi connectivity index (χ1n) is 8.82. The zero-order valence-corrected chi connectivity index (χ0v) is 15.7. The van der Waals surface area contributed by atoms with Crippen molar-refractivity contribution in [3.63, 3.8) is 0 Å². The molecule has 3 aromatic rings. The molecule has 3 rings (SSSR count).